The van der Waals surface area contributed by atoms with Crippen LogP contribution in [0, 0.1) is 6.92 Å². The lowest BCUT2D eigenvalue weighted by atomic mass is 10.0. The van der Waals surface area contributed by atoms with Crippen molar-refractivity contribution < 1.29 is 0 Å². The van der Waals surface area contributed by atoms with E-state index in [0.29, 0.717) is 0 Å². The number of hydrogen-bond acceptors (Lipinski definition) is 3. The van der Waals surface area contributed by atoms with E-state index in [1.165, 1.54) is 33.3 Å². The summed E-state index contributed by atoms with van der Waals surface area (Å²) in [6, 6.07) is 24.1. The molecule has 3 heteroatoms. The minimum absolute atomic E-state index is 1.07. The number of likely N-dealkylation sites (N-methyl/N-ethyl adjacent to an activating group) is 1. The van der Waals surface area contributed by atoms with Gasteiger partial charge in [0.25, 0.3) is 0 Å². The molecule has 3 rings (SSSR count). The maximum atomic E-state index is 2.58. The van der Waals surface area contributed by atoms with E-state index < -0.39 is 0 Å². The summed E-state index contributed by atoms with van der Waals surface area (Å²) in [5, 5.41) is 2.66. The van der Waals surface area contributed by atoms with Gasteiger partial charge in [0.15, 0.2) is 0 Å². The zero-order valence-corrected chi connectivity index (χ0v) is 18.2. The quantitative estimate of drug-likeness (QED) is 0.304. The fourth-order valence-corrected chi connectivity index (χ4v) is 4.31. The molecule has 2 nitrogen and oxygen atoms in total. The highest BCUT2D eigenvalue weighted by molar-refractivity contribution is 7.99. The van der Waals surface area contributed by atoms with Crippen molar-refractivity contribution in [1.82, 2.24) is 4.90 Å². The number of nitrogens with zero attached hydrogens (tertiary/aromatic N) is 2. The summed E-state index contributed by atoms with van der Waals surface area (Å²) in [5.74, 6) is 1.15. The van der Waals surface area contributed by atoms with E-state index in [2.05, 4.69) is 97.4 Å². The molecule has 0 saturated heterocycles. The average Bonchev–Trinajstić information content (AvgIpc) is 2.73. The molecule has 28 heavy (non-hydrogen) atoms. The van der Waals surface area contributed by atoms with Crippen LogP contribution in [-0.2, 0) is 0 Å². The molecule has 0 radical (unpaired) electrons. The molecule has 0 spiro atoms. The predicted molar refractivity (Wildman–Crippen MR) is 126 cm³/mol. The second-order valence-electron chi connectivity index (χ2n) is 7.38. The van der Waals surface area contributed by atoms with Crippen molar-refractivity contribution in [3.05, 3.63) is 72.3 Å². The Morgan fingerprint density at radius 1 is 0.821 bits per heavy atom. The largest absolute Gasteiger partial charge is 0.370 e. The smallest absolute Gasteiger partial charge is 0.0402 e. The third-order valence-corrected chi connectivity index (χ3v) is 6.38. The van der Waals surface area contributed by atoms with Crippen LogP contribution in [0.2, 0.25) is 0 Å². The molecule has 148 valence electrons. The van der Waals surface area contributed by atoms with Gasteiger partial charge in [-0.05, 0) is 73.3 Å². The van der Waals surface area contributed by atoms with Gasteiger partial charge in [0, 0.05) is 30.2 Å². The number of anilines is 1. The van der Waals surface area contributed by atoms with Crippen LogP contribution in [-0.4, -0.2) is 43.9 Å². The highest BCUT2D eigenvalue weighted by Crippen LogP contribution is 2.27. The molecule has 0 heterocycles. The number of rotatable bonds is 10. The molecule has 3 aromatic rings. The van der Waals surface area contributed by atoms with Gasteiger partial charge in [-0.25, -0.2) is 0 Å². The minimum atomic E-state index is 1.07. The predicted octanol–water partition coefficient (Wildman–Crippen LogP) is 6.09. The lowest BCUT2D eigenvalue weighted by Crippen LogP contribution is -2.34. The molecule has 3 aromatic carbocycles. The summed E-state index contributed by atoms with van der Waals surface area (Å²) in [6.45, 7) is 8.82. The molecule has 0 N–H and O–H groups in total. The van der Waals surface area contributed by atoms with Crippen LogP contribution in [0.5, 0.6) is 0 Å². The van der Waals surface area contributed by atoms with Gasteiger partial charge in [0.05, 0.1) is 0 Å². The number of benzene rings is 3. The van der Waals surface area contributed by atoms with Gasteiger partial charge in [-0.1, -0.05) is 49.4 Å². The van der Waals surface area contributed by atoms with Crippen molar-refractivity contribution in [2.24, 2.45) is 0 Å². The van der Waals surface area contributed by atoms with Gasteiger partial charge in [0.1, 0.15) is 0 Å². The monoisotopic (exact) mass is 392 g/mol. The Hall–Kier alpha value is -1.97. The van der Waals surface area contributed by atoms with Gasteiger partial charge in [-0.2, -0.15) is 0 Å². The van der Waals surface area contributed by atoms with Crippen LogP contribution in [0.25, 0.3) is 10.8 Å². The molecule has 0 aliphatic heterocycles. The summed E-state index contributed by atoms with van der Waals surface area (Å²) >= 11 is 1.96. The van der Waals surface area contributed by atoms with E-state index in [9.17, 15) is 0 Å². The van der Waals surface area contributed by atoms with Crippen molar-refractivity contribution >= 4 is 28.2 Å². The van der Waals surface area contributed by atoms with Crippen molar-refractivity contribution in [2.75, 3.05) is 43.9 Å². The van der Waals surface area contributed by atoms with Crippen LogP contribution < -0.4 is 4.90 Å². The standard InChI is InChI=1S/C25H32N2S/c1-4-26(3)16-17-27(15-10-18-28-24-13-6-5-7-14-24)25-20-23-12-9-8-11-22(23)19-21(25)2/h5-9,11-14,19-20H,4,10,15-18H2,1-3H3. The Bertz CT molecular complexity index is 863. The highest BCUT2D eigenvalue weighted by Gasteiger charge is 2.11. The third-order valence-electron chi connectivity index (χ3n) is 5.28. The van der Waals surface area contributed by atoms with Gasteiger partial charge < -0.3 is 9.80 Å². The summed E-state index contributed by atoms with van der Waals surface area (Å²) in [5.41, 5.74) is 2.75. The van der Waals surface area contributed by atoms with Crippen LogP contribution in [0.4, 0.5) is 5.69 Å². The summed E-state index contributed by atoms with van der Waals surface area (Å²) in [6.07, 6.45) is 1.18. The molecule has 0 aromatic heterocycles. The summed E-state index contributed by atoms with van der Waals surface area (Å²) in [4.78, 5) is 6.34. The maximum absolute atomic E-state index is 2.58. The van der Waals surface area contributed by atoms with Crippen molar-refractivity contribution in [1.29, 1.82) is 0 Å². The Morgan fingerprint density at radius 2 is 1.50 bits per heavy atom. The number of aryl methyl sites for hydroxylation is 1. The van der Waals surface area contributed by atoms with E-state index >= 15 is 0 Å². The fourth-order valence-electron chi connectivity index (χ4n) is 3.45. The normalized spacial score (nSPS) is 11.3. The number of fused-ring (bicyclic) bond motifs is 1. The molecule has 0 aliphatic carbocycles. The second kappa shape index (κ2) is 10.5. The molecule has 0 amide bonds. The molecule has 0 fully saturated rings. The van der Waals surface area contributed by atoms with Crippen LogP contribution in [0.15, 0.2) is 71.6 Å². The fraction of sp³-hybridized carbons (Fsp3) is 0.360. The molecule has 0 aliphatic rings. The van der Waals surface area contributed by atoms with E-state index in [1.54, 1.807) is 0 Å². The first-order valence-corrected chi connectivity index (χ1v) is 11.3. The van der Waals surface area contributed by atoms with E-state index in [1.807, 2.05) is 11.8 Å². The van der Waals surface area contributed by atoms with Crippen LogP contribution >= 0.6 is 11.8 Å². The van der Waals surface area contributed by atoms with Crippen LogP contribution in [0.3, 0.4) is 0 Å². The van der Waals surface area contributed by atoms with Gasteiger partial charge in [0.2, 0.25) is 0 Å². The minimum Gasteiger partial charge on any atom is -0.370 e. The van der Waals surface area contributed by atoms with Crippen LogP contribution in [0.1, 0.15) is 18.9 Å². The van der Waals surface area contributed by atoms with Gasteiger partial charge >= 0.3 is 0 Å². The zero-order valence-electron chi connectivity index (χ0n) is 17.4. The summed E-state index contributed by atoms with van der Waals surface area (Å²) < 4.78 is 0. The Balaban J connectivity index is 1.70. The van der Waals surface area contributed by atoms with Crippen molar-refractivity contribution in [3.8, 4) is 0 Å². The first-order valence-electron chi connectivity index (χ1n) is 10.3. The second-order valence-corrected chi connectivity index (χ2v) is 8.55. The SMILES string of the molecule is CCN(C)CCN(CCCSc1ccccc1)c1cc2ccccc2cc1C. The van der Waals surface area contributed by atoms with Crippen molar-refractivity contribution in [2.45, 2.75) is 25.2 Å². The molecule has 0 saturated carbocycles. The number of hydrogen-bond donors (Lipinski definition) is 0. The Labute approximate surface area is 174 Å². The zero-order chi connectivity index (χ0) is 19.8. The molecular weight excluding hydrogens is 360 g/mol. The Kier molecular flexibility index (Phi) is 7.81. The average molecular weight is 393 g/mol. The molecular formula is C25H32N2S. The van der Waals surface area contributed by atoms with E-state index in [4.69, 9.17) is 0 Å². The molecule has 0 atom stereocenters. The van der Waals surface area contributed by atoms with Gasteiger partial charge in [-0.15, -0.1) is 11.8 Å². The van der Waals surface area contributed by atoms with Gasteiger partial charge in [-0.3, -0.25) is 0 Å². The maximum Gasteiger partial charge on any atom is 0.0402 e. The molecule has 0 unspecified atom stereocenters. The third kappa shape index (κ3) is 5.76. The first-order chi connectivity index (χ1) is 13.7. The summed E-state index contributed by atoms with van der Waals surface area (Å²) in [7, 11) is 2.21. The highest BCUT2D eigenvalue weighted by atomic mass is 32.2. The van der Waals surface area contributed by atoms with E-state index in [0.717, 1.165) is 31.9 Å². The van der Waals surface area contributed by atoms with E-state index in [-0.39, 0.29) is 0 Å². The lowest BCUT2D eigenvalue weighted by molar-refractivity contribution is 0.358. The topological polar surface area (TPSA) is 6.48 Å². The van der Waals surface area contributed by atoms with Crippen molar-refractivity contribution in [3.63, 3.8) is 0 Å². The molecule has 0 bridgehead atoms. The Morgan fingerprint density at radius 3 is 2.21 bits per heavy atom. The number of thioether (sulfide) groups is 1. The lowest BCUT2D eigenvalue weighted by Gasteiger charge is -2.29. The first kappa shape index (κ1) is 20.8.